The lowest BCUT2D eigenvalue weighted by atomic mass is 9.89. The van der Waals surface area contributed by atoms with Crippen molar-refractivity contribution in [3.63, 3.8) is 0 Å². The van der Waals surface area contributed by atoms with Gasteiger partial charge in [0.25, 0.3) is 0 Å². The smallest absolute Gasteiger partial charge is 0.0155 e. The number of likely N-dealkylation sites (tertiary alicyclic amines) is 1. The Morgan fingerprint density at radius 3 is 2.18 bits per heavy atom. The summed E-state index contributed by atoms with van der Waals surface area (Å²) in [5.41, 5.74) is 0.451. The molecular weight excluding hydrogens is 134 g/mol. The zero-order chi connectivity index (χ0) is 8.48. The molecule has 0 aliphatic carbocycles. The number of hydrogen-bond donors (Lipinski definition) is 0. The van der Waals surface area contributed by atoms with Crippen LogP contribution in [-0.2, 0) is 0 Å². The molecule has 11 heavy (non-hydrogen) atoms. The molecule has 0 radical (unpaired) electrons. The standard InChI is InChI=1S/C10H21N/c1-9(2)11-8-6-5-7-10(11,3)4/h9H,5-8H2,1-4H3. The average Bonchev–Trinajstić information content (AvgIpc) is 1.85. The molecule has 1 saturated heterocycles. The van der Waals surface area contributed by atoms with Crippen molar-refractivity contribution in [2.75, 3.05) is 6.54 Å². The first-order valence-electron chi connectivity index (χ1n) is 4.81. The quantitative estimate of drug-likeness (QED) is 0.562. The van der Waals surface area contributed by atoms with Crippen LogP contribution in [0.25, 0.3) is 0 Å². The zero-order valence-electron chi connectivity index (χ0n) is 8.35. The van der Waals surface area contributed by atoms with Gasteiger partial charge in [0, 0.05) is 11.6 Å². The molecule has 0 amide bonds. The molecule has 66 valence electrons. The largest absolute Gasteiger partial charge is 0.296 e. The molecule has 0 aromatic carbocycles. The molecule has 0 aromatic heterocycles. The third-order valence-electron chi connectivity index (χ3n) is 2.84. The van der Waals surface area contributed by atoms with Crippen molar-refractivity contribution in [2.45, 2.75) is 58.5 Å². The summed E-state index contributed by atoms with van der Waals surface area (Å²) >= 11 is 0. The summed E-state index contributed by atoms with van der Waals surface area (Å²) in [6.45, 7) is 10.6. The van der Waals surface area contributed by atoms with Gasteiger partial charge < -0.3 is 0 Å². The van der Waals surface area contributed by atoms with E-state index in [1.165, 1.54) is 25.8 Å². The van der Waals surface area contributed by atoms with E-state index in [0.29, 0.717) is 11.6 Å². The fraction of sp³-hybridized carbons (Fsp3) is 1.00. The summed E-state index contributed by atoms with van der Waals surface area (Å²) in [4.78, 5) is 2.62. The van der Waals surface area contributed by atoms with Crippen LogP contribution in [0.3, 0.4) is 0 Å². The van der Waals surface area contributed by atoms with Crippen molar-refractivity contribution in [3.8, 4) is 0 Å². The lowest BCUT2D eigenvalue weighted by molar-refractivity contribution is 0.0470. The van der Waals surface area contributed by atoms with Gasteiger partial charge in [-0.15, -0.1) is 0 Å². The first-order chi connectivity index (χ1) is 5.04. The SMILES string of the molecule is CC(C)N1CCCCC1(C)C. The fourth-order valence-electron chi connectivity index (χ4n) is 2.24. The summed E-state index contributed by atoms with van der Waals surface area (Å²) in [5, 5.41) is 0. The highest BCUT2D eigenvalue weighted by Gasteiger charge is 2.30. The Morgan fingerprint density at radius 1 is 1.18 bits per heavy atom. The molecule has 0 bridgehead atoms. The van der Waals surface area contributed by atoms with E-state index >= 15 is 0 Å². The van der Waals surface area contributed by atoms with E-state index in [0.717, 1.165) is 0 Å². The molecule has 0 saturated carbocycles. The molecule has 0 atom stereocenters. The second-order valence-electron chi connectivity index (χ2n) is 4.56. The van der Waals surface area contributed by atoms with E-state index in [1.807, 2.05) is 0 Å². The predicted octanol–water partition coefficient (Wildman–Crippen LogP) is 2.66. The second kappa shape index (κ2) is 3.14. The van der Waals surface area contributed by atoms with Gasteiger partial charge in [-0.05, 0) is 47.1 Å². The van der Waals surface area contributed by atoms with Crippen LogP contribution in [0.2, 0.25) is 0 Å². The van der Waals surface area contributed by atoms with Crippen molar-refractivity contribution in [1.82, 2.24) is 4.90 Å². The monoisotopic (exact) mass is 155 g/mol. The highest BCUT2D eigenvalue weighted by Crippen LogP contribution is 2.28. The third-order valence-corrected chi connectivity index (χ3v) is 2.84. The van der Waals surface area contributed by atoms with E-state index in [9.17, 15) is 0 Å². The van der Waals surface area contributed by atoms with Gasteiger partial charge in [-0.1, -0.05) is 6.42 Å². The van der Waals surface area contributed by atoms with Crippen molar-refractivity contribution >= 4 is 0 Å². The summed E-state index contributed by atoms with van der Waals surface area (Å²) < 4.78 is 0. The number of nitrogens with zero attached hydrogens (tertiary/aromatic N) is 1. The van der Waals surface area contributed by atoms with Crippen LogP contribution < -0.4 is 0 Å². The van der Waals surface area contributed by atoms with Gasteiger partial charge in [0.2, 0.25) is 0 Å². The van der Waals surface area contributed by atoms with E-state index in [4.69, 9.17) is 0 Å². The Labute approximate surface area is 70.8 Å². The van der Waals surface area contributed by atoms with Crippen LogP contribution in [-0.4, -0.2) is 23.0 Å². The van der Waals surface area contributed by atoms with Crippen molar-refractivity contribution < 1.29 is 0 Å². The average molecular weight is 155 g/mol. The van der Waals surface area contributed by atoms with E-state index in [2.05, 4.69) is 32.6 Å². The predicted molar refractivity (Wildman–Crippen MR) is 49.8 cm³/mol. The molecule has 0 unspecified atom stereocenters. The maximum atomic E-state index is 2.62. The summed E-state index contributed by atoms with van der Waals surface area (Å²) in [5.74, 6) is 0. The maximum absolute atomic E-state index is 2.62. The van der Waals surface area contributed by atoms with Crippen LogP contribution in [0, 0.1) is 0 Å². The topological polar surface area (TPSA) is 3.24 Å². The number of piperidine rings is 1. The van der Waals surface area contributed by atoms with Gasteiger partial charge in [0.1, 0.15) is 0 Å². The molecular formula is C10H21N. The molecule has 1 aliphatic heterocycles. The summed E-state index contributed by atoms with van der Waals surface area (Å²) in [6.07, 6.45) is 4.17. The highest BCUT2D eigenvalue weighted by atomic mass is 15.2. The number of hydrogen-bond acceptors (Lipinski definition) is 1. The van der Waals surface area contributed by atoms with Crippen LogP contribution in [0.1, 0.15) is 47.0 Å². The molecule has 0 aromatic rings. The van der Waals surface area contributed by atoms with Gasteiger partial charge >= 0.3 is 0 Å². The molecule has 0 N–H and O–H groups in total. The van der Waals surface area contributed by atoms with Crippen LogP contribution in [0.15, 0.2) is 0 Å². The first kappa shape index (κ1) is 9.05. The van der Waals surface area contributed by atoms with E-state index in [-0.39, 0.29) is 0 Å². The van der Waals surface area contributed by atoms with Crippen LogP contribution >= 0.6 is 0 Å². The summed E-state index contributed by atoms with van der Waals surface area (Å²) in [7, 11) is 0. The first-order valence-corrected chi connectivity index (χ1v) is 4.81. The van der Waals surface area contributed by atoms with Gasteiger partial charge in [-0.3, -0.25) is 4.90 Å². The lowest BCUT2D eigenvalue weighted by Crippen LogP contribution is -2.50. The van der Waals surface area contributed by atoms with Crippen LogP contribution in [0.4, 0.5) is 0 Å². The Kier molecular flexibility index (Phi) is 2.58. The maximum Gasteiger partial charge on any atom is 0.0155 e. The Bertz CT molecular complexity index is 127. The van der Waals surface area contributed by atoms with Gasteiger partial charge in [0.05, 0.1) is 0 Å². The third kappa shape index (κ3) is 1.96. The van der Waals surface area contributed by atoms with Crippen molar-refractivity contribution in [2.24, 2.45) is 0 Å². The molecule has 1 heteroatoms. The minimum Gasteiger partial charge on any atom is -0.296 e. The minimum absolute atomic E-state index is 0.451. The highest BCUT2D eigenvalue weighted by molar-refractivity contribution is 4.86. The molecule has 1 aliphatic rings. The van der Waals surface area contributed by atoms with Gasteiger partial charge in [-0.2, -0.15) is 0 Å². The van der Waals surface area contributed by atoms with Crippen molar-refractivity contribution in [3.05, 3.63) is 0 Å². The van der Waals surface area contributed by atoms with E-state index in [1.54, 1.807) is 0 Å². The fourth-order valence-corrected chi connectivity index (χ4v) is 2.24. The summed E-state index contributed by atoms with van der Waals surface area (Å²) in [6, 6.07) is 0.713. The van der Waals surface area contributed by atoms with Gasteiger partial charge in [0.15, 0.2) is 0 Å². The Hall–Kier alpha value is -0.0400. The van der Waals surface area contributed by atoms with Crippen LogP contribution in [0.5, 0.6) is 0 Å². The zero-order valence-corrected chi connectivity index (χ0v) is 8.35. The van der Waals surface area contributed by atoms with E-state index < -0.39 is 0 Å². The number of rotatable bonds is 1. The van der Waals surface area contributed by atoms with Crippen molar-refractivity contribution in [1.29, 1.82) is 0 Å². The Morgan fingerprint density at radius 2 is 1.82 bits per heavy atom. The molecule has 1 heterocycles. The van der Waals surface area contributed by atoms with Gasteiger partial charge in [-0.25, -0.2) is 0 Å². The molecule has 1 nitrogen and oxygen atoms in total. The lowest BCUT2D eigenvalue weighted by Gasteiger charge is -2.45. The Balaban J connectivity index is 2.60. The normalized spacial score (nSPS) is 25.9. The molecule has 1 rings (SSSR count). The molecule has 0 spiro atoms. The molecule has 1 fully saturated rings. The second-order valence-corrected chi connectivity index (χ2v) is 4.56. The minimum atomic E-state index is 0.451.